The third-order valence-corrected chi connectivity index (χ3v) is 7.20. The number of Topliss-reactive ketones (excluding diaryl/α,β-unsaturated/α-hetero) is 1. The zero-order valence-corrected chi connectivity index (χ0v) is 21.6. The maximum atomic E-state index is 13.2. The maximum Gasteiger partial charge on any atom is 0.433 e. The first kappa shape index (κ1) is 27.2. The number of pyridine rings is 1. The Bertz CT molecular complexity index is 1330. The number of aliphatic imine (C=N–C) groups is 1. The molecule has 0 aromatic carbocycles. The molecule has 1 saturated heterocycles. The SMILES string of the molecule is CCC(=O)CN1C(=O)C2C(N=CN2[C@@H](C)C(=O)Nc2csc(-c3cnc(C(F)(F)F)c(C)c3)n2)N(C)C1=O. The largest absolute Gasteiger partial charge is 0.433 e. The summed E-state index contributed by atoms with van der Waals surface area (Å²) in [5.74, 6) is -1.27. The van der Waals surface area contributed by atoms with E-state index in [2.05, 4.69) is 20.3 Å². The Morgan fingerprint density at radius 3 is 2.61 bits per heavy atom. The van der Waals surface area contributed by atoms with Crippen LogP contribution in [0.1, 0.15) is 31.5 Å². The van der Waals surface area contributed by atoms with Gasteiger partial charge in [0, 0.05) is 30.6 Å². The Morgan fingerprint density at radius 1 is 1.26 bits per heavy atom. The monoisotopic (exact) mass is 551 g/mol. The standard InChI is InChI=1S/C23H24F3N7O4S/c1-5-14(34)8-32-21(36)16-18(31(4)22(32)37)28-10-33(16)12(3)19(35)29-15-9-38-20(30-15)13-6-11(2)17(27-7-13)23(24,25)26/h6-7,9-10,12,16,18H,5,8H2,1-4H3,(H,29,35)/t12-,16?,18?/m0/s1. The van der Waals surface area contributed by atoms with Gasteiger partial charge in [0.1, 0.15) is 22.6 Å². The summed E-state index contributed by atoms with van der Waals surface area (Å²) in [7, 11) is 1.47. The number of carbonyl (C=O) groups is 4. The summed E-state index contributed by atoms with van der Waals surface area (Å²) >= 11 is 1.11. The highest BCUT2D eigenvalue weighted by Gasteiger charge is 2.51. The molecule has 3 atom stereocenters. The third-order valence-electron chi connectivity index (χ3n) is 6.31. The van der Waals surface area contributed by atoms with Gasteiger partial charge in [-0.2, -0.15) is 13.2 Å². The van der Waals surface area contributed by atoms with Crippen LogP contribution in [0.2, 0.25) is 0 Å². The van der Waals surface area contributed by atoms with Gasteiger partial charge >= 0.3 is 12.2 Å². The molecule has 15 heteroatoms. The van der Waals surface area contributed by atoms with Crippen LogP contribution in [0.25, 0.3) is 10.6 Å². The number of hydrogen-bond donors (Lipinski definition) is 1. The first-order valence-electron chi connectivity index (χ1n) is 11.5. The van der Waals surface area contributed by atoms with Gasteiger partial charge in [-0.25, -0.2) is 14.8 Å². The number of likely N-dealkylation sites (N-methyl/N-ethyl adjacent to an activating group) is 1. The lowest BCUT2D eigenvalue weighted by Gasteiger charge is -2.42. The Kier molecular flexibility index (Phi) is 7.23. The van der Waals surface area contributed by atoms with Gasteiger partial charge in [-0.1, -0.05) is 6.92 Å². The number of nitrogens with one attached hydrogen (secondary N) is 1. The molecule has 2 unspecified atom stereocenters. The molecule has 1 N–H and O–H groups in total. The van der Waals surface area contributed by atoms with Crippen molar-refractivity contribution < 1.29 is 32.3 Å². The van der Waals surface area contributed by atoms with Crippen molar-refractivity contribution in [3.63, 3.8) is 0 Å². The first-order chi connectivity index (χ1) is 17.8. The number of halogens is 3. The molecule has 4 amide bonds. The van der Waals surface area contributed by atoms with Crippen molar-refractivity contribution in [3.8, 4) is 10.6 Å². The molecule has 2 aromatic heterocycles. The molecule has 2 aromatic rings. The van der Waals surface area contributed by atoms with Gasteiger partial charge in [0.25, 0.3) is 5.91 Å². The highest BCUT2D eigenvalue weighted by molar-refractivity contribution is 7.13. The summed E-state index contributed by atoms with van der Waals surface area (Å²) in [6.07, 6.45) is -2.85. The molecular formula is C23H24F3N7O4S. The lowest BCUT2D eigenvalue weighted by molar-refractivity contribution is -0.142. The van der Waals surface area contributed by atoms with E-state index in [9.17, 15) is 32.3 Å². The lowest BCUT2D eigenvalue weighted by atomic mass is 10.1. The van der Waals surface area contributed by atoms with E-state index in [-0.39, 0.29) is 30.1 Å². The van der Waals surface area contributed by atoms with Crippen LogP contribution in [0.15, 0.2) is 22.6 Å². The number of anilines is 1. The minimum absolute atomic E-state index is 0.0532. The van der Waals surface area contributed by atoms with E-state index in [1.54, 1.807) is 13.8 Å². The number of urea groups is 1. The second kappa shape index (κ2) is 10.1. The Morgan fingerprint density at radius 2 is 1.97 bits per heavy atom. The van der Waals surface area contributed by atoms with E-state index in [0.717, 1.165) is 22.4 Å². The Balaban J connectivity index is 1.48. The topological polar surface area (TPSA) is 128 Å². The number of aromatic nitrogens is 2. The van der Waals surface area contributed by atoms with Crippen LogP contribution in [0, 0.1) is 6.92 Å². The van der Waals surface area contributed by atoms with Crippen molar-refractivity contribution in [3.05, 3.63) is 28.9 Å². The zero-order chi connectivity index (χ0) is 27.9. The second-order valence-electron chi connectivity index (χ2n) is 8.87. The molecule has 11 nitrogen and oxygen atoms in total. The number of thiazole rings is 1. The van der Waals surface area contributed by atoms with Crippen LogP contribution in [0.3, 0.4) is 0 Å². The van der Waals surface area contributed by atoms with E-state index in [1.807, 2.05) is 0 Å². The number of amides is 4. The van der Waals surface area contributed by atoms with Gasteiger partial charge in [0.15, 0.2) is 18.0 Å². The second-order valence-corrected chi connectivity index (χ2v) is 9.73. The molecule has 0 bridgehead atoms. The van der Waals surface area contributed by atoms with Gasteiger partial charge in [-0.05, 0) is 25.5 Å². The van der Waals surface area contributed by atoms with E-state index >= 15 is 0 Å². The van der Waals surface area contributed by atoms with E-state index < -0.39 is 48.0 Å². The molecule has 1 fully saturated rings. The number of carbonyl (C=O) groups excluding carboxylic acids is 4. The molecule has 0 saturated carbocycles. The number of nitrogens with zero attached hydrogens (tertiary/aromatic N) is 6. The van der Waals surface area contributed by atoms with Crippen LogP contribution < -0.4 is 5.32 Å². The Labute approximate surface area is 219 Å². The van der Waals surface area contributed by atoms with Crippen molar-refractivity contribution in [1.82, 2.24) is 24.7 Å². The molecular weight excluding hydrogens is 527 g/mol. The van der Waals surface area contributed by atoms with Gasteiger partial charge in [0.05, 0.1) is 12.9 Å². The summed E-state index contributed by atoms with van der Waals surface area (Å²) in [5.41, 5.74) is -0.665. The molecule has 4 rings (SSSR count). The predicted octanol–water partition coefficient (Wildman–Crippen LogP) is 2.77. The highest BCUT2D eigenvalue weighted by Crippen LogP contribution is 2.33. The van der Waals surface area contributed by atoms with Crippen LogP contribution in [-0.2, 0) is 20.6 Å². The summed E-state index contributed by atoms with van der Waals surface area (Å²) in [6, 6.07) is -1.22. The summed E-state index contributed by atoms with van der Waals surface area (Å²) in [6.45, 7) is 4.12. The summed E-state index contributed by atoms with van der Waals surface area (Å²) in [4.78, 5) is 66.4. The predicted molar refractivity (Wildman–Crippen MR) is 131 cm³/mol. The zero-order valence-electron chi connectivity index (χ0n) is 20.8. The van der Waals surface area contributed by atoms with Crippen LogP contribution in [0.4, 0.5) is 23.8 Å². The fourth-order valence-corrected chi connectivity index (χ4v) is 4.90. The van der Waals surface area contributed by atoms with Crippen LogP contribution in [0.5, 0.6) is 0 Å². The van der Waals surface area contributed by atoms with Crippen molar-refractivity contribution >= 4 is 47.1 Å². The lowest BCUT2D eigenvalue weighted by Crippen LogP contribution is -2.66. The molecule has 0 radical (unpaired) electrons. The minimum Gasteiger partial charge on any atom is -0.335 e. The van der Waals surface area contributed by atoms with Crippen molar-refractivity contribution in [2.45, 2.75) is 51.6 Å². The van der Waals surface area contributed by atoms with Crippen molar-refractivity contribution in [2.24, 2.45) is 4.99 Å². The summed E-state index contributed by atoms with van der Waals surface area (Å²) < 4.78 is 39.0. The van der Waals surface area contributed by atoms with Crippen LogP contribution in [-0.4, -0.2) is 86.5 Å². The van der Waals surface area contributed by atoms with Gasteiger partial charge in [0.2, 0.25) is 5.91 Å². The third kappa shape index (κ3) is 4.97. The smallest absolute Gasteiger partial charge is 0.335 e. The van der Waals surface area contributed by atoms with Crippen molar-refractivity contribution in [2.75, 3.05) is 18.9 Å². The number of hydrogen-bond acceptors (Lipinski definition) is 9. The normalized spacial score (nSPS) is 20.1. The molecule has 2 aliphatic heterocycles. The van der Waals surface area contributed by atoms with E-state index in [1.165, 1.54) is 41.6 Å². The van der Waals surface area contributed by atoms with Gasteiger partial charge in [-0.15, -0.1) is 11.3 Å². The number of rotatable bonds is 7. The highest BCUT2D eigenvalue weighted by atomic mass is 32.1. The van der Waals surface area contributed by atoms with Gasteiger partial charge < -0.3 is 15.1 Å². The first-order valence-corrected chi connectivity index (χ1v) is 12.4. The average molecular weight is 552 g/mol. The van der Waals surface area contributed by atoms with Crippen molar-refractivity contribution in [1.29, 1.82) is 0 Å². The number of aryl methyl sites for hydroxylation is 1. The molecule has 2 aliphatic rings. The number of imide groups is 1. The molecule has 202 valence electrons. The molecule has 0 aliphatic carbocycles. The average Bonchev–Trinajstić information content (AvgIpc) is 3.51. The Hall–Kier alpha value is -3.88. The quantitative estimate of drug-likeness (QED) is 0.561. The fraction of sp³-hybridized carbons (Fsp3) is 0.435. The number of fused-ring (bicyclic) bond motifs is 1. The fourth-order valence-electron chi connectivity index (χ4n) is 4.17. The molecule has 4 heterocycles. The van der Waals surface area contributed by atoms with Gasteiger partial charge in [-0.3, -0.25) is 24.3 Å². The molecule has 38 heavy (non-hydrogen) atoms. The van der Waals surface area contributed by atoms with E-state index in [4.69, 9.17) is 0 Å². The molecule has 0 spiro atoms. The summed E-state index contributed by atoms with van der Waals surface area (Å²) in [5, 5.41) is 4.53. The number of alkyl halides is 3. The van der Waals surface area contributed by atoms with E-state index in [0.29, 0.717) is 10.6 Å². The maximum absolute atomic E-state index is 13.2. The number of ketones is 1. The van der Waals surface area contributed by atoms with Crippen LogP contribution >= 0.6 is 11.3 Å². The minimum atomic E-state index is -4.57.